The Morgan fingerprint density at radius 1 is 0.194 bits per heavy atom. The number of benzene rings is 16. The molecule has 0 bridgehead atoms. The smallest absolute Gasteiger partial charge is 0.0641 e. The molecule has 6 heterocycles. The summed E-state index contributed by atoms with van der Waals surface area (Å²) < 4.78 is 13.0. The summed E-state index contributed by atoms with van der Waals surface area (Å²) in [6.07, 6.45) is 0. The van der Waals surface area contributed by atoms with Gasteiger partial charge in [0.2, 0.25) is 0 Å². The first-order valence-corrected chi connectivity index (χ1v) is 35.9. The second kappa shape index (κ2) is 24.6. The summed E-state index contributed by atoms with van der Waals surface area (Å²) in [7, 11) is 0. The molecule has 0 saturated carbocycles. The summed E-state index contributed by atoms with van der Waals surface area (Å²) in [4.78, 5) is 3.66. The quantitative estimate of drug-likeness (QED) is 0.165. The first-order valence-electron chi connectivity index (χ1n) is 35.1. The van der Waals surface area contributed by atoms with Crippen molar-refractivity contribution >= 4 is 147 Å². The van der Waals surface area contributed by atoms with Gasteiger partial charge in [0.15, 0.2) is 0 Å². The summed E-state index contributed by atoms with van der Waals surface area (Å²) in [5.74, 6) is 0. The van der Waals surface area contributed by atoms with Crippen LogP contribution in [0.5, 0.6) is 0 Å². The molecule has 484 valence electrons. The van der Waals surface area contributed by atoms with Gasteiger partial charge in [-0.25, -0.2) is 0 Å². The maximum Gasteiger partial charge on any atom is 0.0641 e. The minimum atomic E-state index is 1.10. The van der Waals surface area contributed by atoms with E-state index in [0.717, 1.165) is 10.2 Å². The van der Waals surface area contributed by atoms with Gasteiger partial charge in [-0.05, 0) is 168 Å². The summed E-state index contributed by atoms with van der Waals surface area (Å²) in [5.41, 5.74) is 25.4. The Balaban J connectivity index is 0.000000114. The predicted molar refractivity (Wildman–Crippen MR) is 439 cm³/mol. The van der Waals surface area contributed by atoms with Gasteiger partial charge >= 0.3 is 0 Å². The topological polar surface area (TPSA) is 40.4 Å². The molecule has 0 atom stereocenters. The molecule has 22 aromatic rings. The average Bonchev–Trinajstić information content (AvgIpc) is 1.56. The third-order valence-corrected chi connectivity index (χ3v) is 21.4. The Kier molecular flexibility index (Phi) is 14.3. The van der Waals surface area contributed by atoms with Crippen molar-refractivity contribution in [3.63, 3.8) is 0 Å². The van der Waals surface area contributed by atoms with E-state index in [1.54, 1.807) is 0 Å². The van der Waals surface area contributed by atoms with Crippen molar-refractivity contribution in [3.8, 4) is 50.7 Å². The number of rotatable bonds is 7. The highest BCUT2D eigenvalue weighted by atomic mass is 79.9. The van der Waals surface area contributed by atoms with E-state index in [1.165, 1.54) is 176 Å². The third kappa shape index (κ3) is 9.84. The lowest BCUT2D eigenvalue weighted by molar-refractivity contribution is 1.17. The SMILES string of the molecule is Brc1ccc(-c2ccc3c(c2)c2ccccc2n3-c2ccccc2)cc1.c1ccc(-n2c3ccccc3c3c4[nH]c5ccccc5c4ccc32)cc1.c1ccc(-n2c3ccccc3c3cc(-c4ccc(-n5c6ccccc6c6ccc7c(c8ccccc8n7-c7ccccc7)c65)cc4)ccc32)cc1. The number of hydrogen-bond donors (Lipinski definition) is 1. The lowest BCUT2D eigenvalue weighted by Gasteiger charge is -2.11. The fourth-order valence-corrected chi connectivity index (χ4v) is 16.6. The van der Waals surface area contributed by atoms with Crippen LogP contribution in [0, 0.1) is 0 Å². The molecule has 6 aromatic heterocycles. The molecular weight excluding hydrogens is 1320 g/mol. The van der Waals surface area contributed by atoms with Crippen molar-refractivity contribution in [1.29, 1.82) is 0 Å². The number of para-hydroxylation sites is 10. The molecule has 0 aliphatic heterocycles. The molecule has 16 aromatic carbocycles. The van der Waals surface area contributed by atoms with Gasteiger partial charge in [0.25, 0.3) is 0 Å². The van der Waals surface area contributed by atoms with Crippen LogP contribution in [0.2, 0.25) is 0 Å². The molecule has 6 nitrogen and oxygen atoms in total. The maximum atomic E-state index is 3.66. The van der Waals surface area contributed by atoms with E-state index < -0.39 is 0 Å². The standard InChI is InChI=1S/C48H31N3.C24H16BrN.C24H16N2/c1-3-13-34(14-4-1)49-42-20-10-8-18-38(42)41-31-33(25-29-45(41)49)32-23-26-36(27-24-32)51-43-21-11-7-17-37(43)39-28-30-46-47(48(39)51)40-19-9-12-22-44(40)50(46)35-15-5-2-6-16-35;25-19-13-10-17(11-14-19)18-12-15-24-22(16-18)21-8-4-5-9-23(21)26(24)20-6-2-1-3-7-20;1-2-8-16(9-3-1)26-21-13-7-5-11-19(21)23-22(26)15-14-18-17-10-4-6-12-20(17)25-24(18)23/h1-31H;1-16H;1-15,25H. The lowest BCUT2D eigenvalue weighted by Crippen LogP contribution is -1.95. The third-order valence-electron chi connectivity index (χ3n) is 20.8. The number of fused-ring (bicyclic) bond motifs is 20. The lowest BCUT2D eigenvalue weighted by atomic mass is 10.0. The number of H-pyrrole nitrogens is 1. The number of hydrogen-bond acceptors (Lipinski definition) is 0. The molecular formula is C96H63BrN6. The van der Waals surface area contributed by atoms with E-state index >= 15 is 0 Å². The summed E-state index contributed by atoms with van der Waals surface area (Å²) in [5, 5.41) is 15.3. The number of nitrogens with zero attached hydrogens (tertiary/aromatic N) is 5. The summed E-state index contributed by atoms with van der Waals surface area (Å²) in [6.45, 7) is 0. The van der Waals surface area contributed by atoms with Crippen LogP contribution >= 0.6 is 15.9 Å². The van der Waals surface area contributed by atoms with Gasteiger partial charge in [-0.15, -0.1) is 0 Å². The first kappa shape index (κ1) is 59.8. The normalized spacial score (nSPS) is 11.7. The maximum absolute atomic E-state index is 3.66. The zero-order valence-corrected chi connectivity index (χ0v) is 57.5. The molecule has 0 aliphatic carbocycles. The zero-order valence-electron chi connectivity index (χ0n) is 55.9. The molecule has 0 saturated heterocycles. The van der Waals surface area contributed by atoms with Crippen molar-refractivity contribution in [2.24, 2.45) is 0 Å². The Morgan fingerprint density at radius 2 is 0.505 bits per heavy atom. The van der Waals surface area contributed by atoms with Gasteiger partial charge in [0.1, 0.15) is 0 Å². The fourth-order valence-electron chi connectivity index (χ4n) is 16.3. The van der Waals surface area contributed by atoms with Crippen molar-refractivity contribution in [1.82, 2.24) is 27.8 Å². The van der Waals surface area contributed by atoms with Gasteiger partial charge in [0.05, 0.1) is 60.7 Å². The van der Waals surface area contributed by atoms with Crippen LogP contribution in [-0.2, 0) is 0 Å². The Labute approximate surface area is 601 Å². The minimum Gasteiger partial charge on any atom is -0.354 e. The van der Waals surface area contributed by atoms with Crippen molar-refractivity contribution in [2.75, 3.05) is 0 Å². The molecule has 0 fully saturated rings. The van der Waals surface area contributed by atoms with E-state index in [1.807, 2.05) is 0 Å². The van der Waals surface area contributed by atoms with Gasteiger partial charge in [-0.1, -0.05) is 246 Å². The number of aromatic nitrogens is 6. The predicted octanol–water partition coefficient (Wildman–Crippen LogP) is 26.3. The Bertz CT molecular complexity index is 7020. The number of nitrogens with one attached hydrogen (secondary N) is 1. The van der Waals surface area contributed by atoms with E-state index in [0.29, 0.717) is 0 Å². The van der Waals surface area contributed by atoms with E-state index in [9.17, 15) is 0 Å². The minimum absolute atomic E-state index is 1.10. The second-order valence-electron chi connectivity index (χ2n) is 26.5. The van der Waals surface area contributed by atoms with Gasteiger partial charge in [0, 0.05) is 103 Å². The molecule has 22 rings (SSSR count). The Morgan fingerprint density at radius 3 is 0.981 bits per heavy atom. The van der Waals surface area contributed by atoms with Crippen LogP contribution < -0.4 is 0 Å². The highest BCUT2D eigenvalue weighted by Crippen LogP contribution is 2.45. The summed E-state index contributed by atoms with van der Waals surface area (Å²) >= 11 is 3.52. The van der Waals surface area contributed by atoms with Crippen LogP contribution in [0.15, 0.2) is 381 Å². The first-order chi connectivity index (χ1) is 51.1. The van der Waals surface area contributed by atoms with Gasteiger partial charge < -0.3 is 27.8 Å². The largest absolute Gasteiger partial charge is 0.354 e. The van der Waals surface area contributed by atoms with E-state index in [-0.39, 0.29) is 0 Å². The molecule has 0 amide bonds. The van der Waals surface area contributed by atoms with Crippen molar-refractivity contribution in [3.05, 3.63) is 381 Å². The molecule has 0 radical (unpaired) electrons. The van der Waals surface area contributed by atoms with Crippen molar-refractivity contribution in [2.45, 2.75) is 0 Å². The monoisotopic (exact) mass is 1380 g/mol. The summed E-state index contributed by atoms with van der Waals surface area (Å²) in [6, 6.07) is 135. The highest BCUT2D eigenvalue weighted by molar-refractivity contribution is 9.10. The number of halogens is 1. The average molecular weight is 1380 g/mol. The van der Waals surface area contributed by atoms with Crippen LogP contribution in [0.4, 0.5) is 0 Å². The van der Waals surface area contributed by atoms with E-state index in [4.69, 9.17) is 0 Å². The van der Waals surface area contributed by atoms with Crippen LogP contribution in [0.25, 0.3) is 182 Å². The molecule has 7 heteroatoms. The van der Waals surface area contributed by atoms with Gasteiger partial charge in [-0.2, -0.15) is 0 Å². The van der Waals surface area contributed by atoms with Gasteiger partial charge in [-0.3, -0.25) is 0 Å². The molecule has 0 aliphatic rings. The van der Waals surface area contributed by atoms with Crippen LogP contribution in [0.1, 0.15) is 0 Å². The Hall–Kier alpha value is -13.2. The van der Waals surface area contributed by atoms with Crippen molar-refractivity contribution < 1.29 is 0 Å². The second-order valence-corrected chi connectivity index (χ2v) is 27.4. The van der Waals surface area contributed by atoms with Crippen LogP contribution in [0.3, 0.4) is 0 Å². The molecule has 0 spiro atoms. The highest BCUT2D eigenvalue weighted by Gasteiger charge is 2.23. The molecule has 103 heavy (non-hydrogen) atoms. The fraction of sp³-hybridized carbons (Fsp3) is 0. The number of aromatic amines is 1. The zero-order chi connectivity index (χ0) is 68.1. The van der Waals surface area contributed by atoms with Crippen LogP contribution in [-0.4, -0.2) is 27.8 Å². The molecule has 0 unspecified atom stereocenters. The molecule has 1 N–H and O–H groups in total. The van der Waals surface area contributed by atoms with E-state index in [2.05, 4.69) is 420 Å².